The Labute approximate surface area is 807 Å². The summed E-state index contributed by atoms with van der Waals surface area (Å²) in [7, 11) is -6.59. The maximum absolute atomic E-state index is 14.2. The predicted molar refractivity (Wildman–Crippen MR) is 487 cm³/mol. The quantitative estimate of drug-likeness (QED) is 0.0113. The normalized spacial score (nSPS) is 18.2. The third-order valence-electron chi connectivity index (χ3n) is 19.1. The molecule has 6 unspecified atom stereocenters. The number of likely N-dealkylation sites (N-methyl/N-ethyl adjacent to an activating group) is 1. The second kappa shape index (κ2) is 57.4. The Morgan fingerprint density at radius 2 is 1.27 bits per heavy atom. The zero-order chi connectivity index (χ0) is 101. The molecule has 9 rings (SSSR count). The van der Waals surface area contributed by atoms with E-state index in [0.717, 1.165) is 49.9 Å². The van der Waals surface area contributed by atoms with Gasteiger partial charge in [0.1, 0.15) is 60.7 Å². The van der Waals surface area contributed by atoms with Crippen LogP contribution >= 0.6 is 66.6 Å². The number of hydrogen-bond donors (Lipinski definition) is 13. The second-order valence-electron chi connectivity index (χ2n) is 29.6. The molecule has 3 aliphatic heterocycles. The van der Waals surface area contributed by atoms with E-state index in [1.165, 1.54) is 72.2 Å². The number of carboxylic acids is 2. The summed E-state index contributed by atoms with van der Waals surface area (Å²) >= 11 is 0. The van der Waals surface area contributed by atoms with Crippen molar-refractivity contribution in [3.05, 3.63) is 121 Å². The van der Waals surface area contributed by atoms with Gasteiger partial charge in [0, 0.05) is 74.3 Å². The van der Waals surface area contributed by atoms with Crippen LogP contribution in [-0.2, 0) is 148 Å². The Kier molecular flexibility index (Phi) is 46.7. The van der Waals surface area contributed by atoms with E-state index >= 15 is 0 Å². The number of anilines is 2. The largest absolute Gasteiger partial charge is 0.530 e. The maximum atomic E-state index is 14.2. The summed E-state index contributed by atoms with van der Waals surface area (Å²) in [6, 6.07) is 11.1. The molecule has 0 saturated carbocycles. The molecule has 0 bridgehead atoms. The lowest BCUT2D eigenvalue weighted by molar-refractivity contribution is -0.140. The molecule has 2 saturated heterocycles. The first-order valence-electron chi connectivity index (χ1n) is 42.4. The number of carbonyl (C=O) groups is 9. The lowest BCUT2D eigenvalue weighted by Gasteiger charge is -2.28. The van der Waals surface area contributed by atoms with Crippen LogP contribution in [0.2, 0.25) is 0 Å². The van der Waals surface area contributed by atoms with Crippen LogP contribution in [0.1, 0.15) is 75.5 Å². The van der Waals surface area contributed by atoms with Gasteiger partial charge in [-0.15, -0.1) is 0 Å². The average molecular weight is 2100 g/mol. The smallest absolute Gasteiger partial charge is 0.494 e. The number of benzene rings is 3. The van der Waals surface area contributed by atoms with Crippen LogP contribution in [0.5, 0.6) is 17.5 Å². The molecule has 53 nitrogen and oxygen atoms in total. The van der Waals surface area contributed by atoms with Crippen molar-refractivity contribution in [3.8, 4) is 17.5 Å². The van der Waals surface area contributed by atoms with Gasteiger partial charge in [-0.25, -0.2) is 47.4 Å². The van der Waals surface area contributed by atoms with Gasteiger partial charge in [0.15, 0.2) is 24.0 Å². The van der Waals surface area contributed by atoms with Crippen molar-refractivity contribution in [1.82, 2.24) is 55.2 Å². The van der Waals surface area contributed by atoms with Crippen LogP contribution < -0.4 is 42.4 Å². The zero-order valence-corrected chi connectivity index (χ0v) is 80.9. The Morgan fingerprint density at radius 1 is 0.683 bits per heavy atom. The van der Waals surface area contributed by atoms with Gasteiger partial charge in [0.05, 0.1) is 156 Å². The molecular formula is C79H106N13O40P3S4. The summed E-state index contributed by atoms with van der Waals surface area (Å²) in [5.41, 5.74) is 3.95. The number of rotatable bonds is 61. The molecule has 6 heterocycles. The fourth-order valence-electron chi connectivity index (χ4n) is 12.1. The number of H-pyrrole nitrogens is 1. The van der Waals surface area contributed by atoms with E-state index in [9.17, 15) is 107 Å². The summed E-state index contributed by atoms with van der Waals surface area (Å²) in [6.45, 7) is 1.16. The molecule has 6 aromatic rings. The van der Waals surface area contributed by atoms with Crippen molar-refractivity contribution in [3.63, 3.8) is 0 Å². The molecule has 0 aliphatic carbocycles. The standard InChI is InChI=1S/C79H106N13O40P3S4/c1-4-17-115-30-31-122-44-66(98)90(16-21-119-25-29-121-27-23-117-19-14-82-63(95)46-136-138-59-33-50-39-125-134(113,126-40-51(50)34-60(59)139-137-47-67(99)100)129-43-58-69(101)70(102)74(130-58)92-64(96)35-62(94)86-78(92)108)15-20-118-24-28-120-26-22-116-18-13-81-61(93)12-10-56(75(105)106)85-72(103)49-6-8-53(9-7-49)91(37-52-36-83-71-68(84-52)73(104)88-77(80)87-71)79(109)124-38-48-5-11-57(55(32-48)76(107)123-45-65(97)89(2)3)132-135(114)127-41-54(42-128-135)131-133(110,111)112/h5-9,11,32-36,54,56,58,69-70,74,96,101-102H,4,10,12-31,37-47H2,1-3H3,(H,81,93)(H,82,95)(H,85,103)(H,99,100)(H,105,106)(H,86,94,108)(H2,110,111,112)(H3,80,83,87,88,104). The number of aliphatic carboxylic acids is 2. The minimum atomic E-state index is -5.02. The SMILES string of the molecule is CCCOCCOCC(=O)N(CCOCCOCCOCCNC(=O)CCC(NC(=O)c1ccc(N(Cc2cnc3nc(N)nc(O)c3n2)C(=O)OCc2ccc(OP3(=O)OCC(OP(=O)(O)O)CO3)c(C(=O)OCC(=O)N(C)C)c2)cc1)C(=O)O)CCOCCOCCOCCNC(=O)CSSc1cc2c(cc1SSCC(=O)O)COP(=O)(OCC1OC(n3c(O)cc(=O)[nH]c3=O)C(O)C1O)OC2. The lowest BCUT2D eigenvalue weighted by atomic mass is 10.1. The monoisotopic (exact) mass is 2100 g/mol. The minimum absolute atomic E-state index is 0.00868. The Bertz CT molecular complexity index is 5400. The van der Waals surface area contributed by atoms with E-state index in [2.05, 4.69) is 40.4 Å². The van der Waals surface area contributed by atoms with Crippen LogP contribution in [0.15, 0.2) is 86.2 Å². The third-order valence-corrected chi connectivity index (χ3v) is 27.0. The fourth-order valence-corrected chi connectivity index (χ4v) is 19.6. The van der Waals surface area contributed by atoms with Crippen LogP contribution in [0.25, 0.3) is 11.2 Å². The molecule has 139 heavy (non-hydrogen) atoms. The van der Waals surface area contributed by atoms with Crippen LogP contribution in [0, 0.1) is 0 Å². The highest BCUT2D eigenvalue weighted by atomic mass is 33.1. The van der Waals surface area contributed by atoms with Gasteiger partial charge in [0.2, 0.25) is 35.4 Å². The number of aromatic amines is 1. The van der Waals surface area contributed by atoms with Gasteiger partial charge < -0.3 is 129 Å². The fraction of sp³-hybridized carbons (Fsp3) is 0.532. The van der Waals surface area contributed by atoms with Gasteiger partial charge in [-0.2, -0.15) is 9.97 Å². The maximum Gasteiger partial charge on any atom is 0.530 e. The number of esters is 1. The number of aliphatic hydroxyl groups excluding tert-OH is 2. The van der Waals surface area contributed by atoms with E-state index in [1.807, 2.05) is 11.9 Å². The van der Waals surface area contributed by atoms with Crippen LogP contribution in [0.3, 0.4) is 0 Å². The average Bonchev–Trinajstić information content (AvgIpc) is 1.66. The molecule has 0 spiro atoms. The van der Waals surface area contributed by atoms with Crippen molar-refractivity contribution >= 4 is 143 Å². The Balaban J connectivity index is 0.629. The summed E-state index contributed by atoms with van der Waals surface area (Å²) in [4.78, 5) is 182. The summed E-state index contributed by atoms with van der Waals surface area (Å²) < 4.78 is 137. The topological polar surface area (TPSA) is 711 Å². The number of phosphoric ester groups is 3. The Hall–Kier alpha value is -9.68. The number of nitrogen functional groups attached to an aromatic ring is 1. The van der Waals surface area contributed by atoms with Crippen LogP contribution in [-0.4, -0.2) is 348 Å². The number of aliphatic hydroxyl groups is 2. The van der Waals surface area contributed by atoms with Gasteiger partial charge >= 0.3 is 53.2 Å². The van der Waals surface area contributed by atoms with Crippen molar-refractivity contribution in [2.45, 2.75) is 99.0 Å². The van der Waals surface area contributed by atoms with Crippen molar-refractivity contribution in [1.29, 1.82) is 0 Å². The number of fused-ring (bicyclic) bond motifs is 2. The van der Waals surface area contributed by atoms with Gasteiger partial charge in [-0.3, -0.25) is 70.6 Å². The molecule has 6 amide bonds. The highest BCUT2D eigenvalue weighted by molar-refractivity contribution is 8.78. The van der Waals surface area contributed by atoms with Gasteiger partial charge in [-0.1, -0.05) is 56.2 Å². The zero-order valence-electron chi connectivity index (χ0n) is 74.9. The number of nitrogens with one attached hydrogen (secondary N) is 4. The molecular weight excluding hydrogens is 1990 g/mol. The molecule has 2 fully saturated rings. The Morgan fingerprint density at radius 3 is 1.86 bits per heavy atom. The number of nitrogens with two attached hydrogens (primary N) is 1. The second-order valence-corrected chi connectivity index (χ2v) is 38.8. The van der Waals surface area contributed by atoms with E-state index in [4.69, 9.17) is 85.0 Å². The number of ether oxygens (including phenoxy) is 11. The summed E-state index contributed by atoms with van der Waals surface area (Å²) in [6.07, 6.45) is -7.68. The number of aromatic nitrogens is 6. The summed E-state index contributed by atoms with van der Waals surface area (Å²) in [5, 5.41) is 69.3. The molecule has 14 N–H and O–H groups in total. The highest BCUT2D eigenvalue weighted by Gasteiger charge is 2.47. The first kappa shape index (κ1) is 113. The number of carbonyl (C=O) groups excluding carboxylic acids is 7. The van der Waals surface area contributed by atoms with Crippen LogP contribution in [0.4, 0.5) is 16.4 Å². The van der Waals surface area contributed by atoms with E-state index < -0.39 is 176 Å². The molecule has 0 radical (unpaired) electrons. The van der Waals surface area contributed by atoms with Crippen molar-refractivity contribution < 1.29 is 181 Å². The van der Waals surface area contributed by atoms with Gasteiger partial charge in [-0.05, 0) is 78.1 Å². The molecule has 3 aromatic carbocycles. The van der Waals surface area contributed by atoms with Crippen molar-refractivity contribution in [2.75, 3.05) is 195 Å². The molecule has 3 aromatic heterocycles. The molecule has 6 atom stereocenters. The molecule has 60 heteroatoms. The third kappa shape index (κ3) is 38.3. The van der Waals surface area contributed by atoms with E-state index in [1.54, 1.807) is 17.0 Å². The number of phosphoric acid groups is 3. The highest BCUT2D eigenvalue weighted by Crippen LogP contribution is 2.56. The lowest BCUT2D eigenvalue weighted by Crippen LogP contribution is -2.41. The molecule has 3 aliphatic rings. The number of amides is 6. The van der Waals surface area contributed by atoms with Crippen molar-refractivity contribution in [2.24, 2.45) is 0 Å². The van der Waals surface area contributed by atoms with E-state index in [0.29, 0.717) is 44.8 Å². The first-order chi connectivity index (χ1) is 66.5. The molecule has 766 valence electrons. The first-order valence-corrected chi connectivity index (χ1v) is 51.4. The minimum Gasteiger partial charge on any atom is -0.494 e. The number of aromatic hydroxyl groups is 2. The number of nitrogens with zero attached hydrogens (tertiary/aromatic N) is 8. The van der Waals surface area contributed by atoms with E-state index in [-0.39, 0.29) is 208 Å². The number of hydrogen-bond acceptors (Lipinski definition) is 45. The summed E-state index contributed by atoms with van der Waals surface area (Å²) in [5.74, 6) is -8.86. The number of carboxylic acid groups (broad SMARTS) is 2. The van der Waals surface area contributed by atoms with Gasteiger partial charge in [0.25, 0.3) is 17.4 Å². The predicted octanol–water partition coefficient (Wildman–Crippen LogP) is 2.19.